The van der Waals surface area contributed by atoms with Crippen molar-refractivity contribution in [3.63, 3.8) is 0 Å². The summed E-state index contributed by atoms with van der Waals surface area (Å²) in [6.07, 6.45) is 1.23. The van der Waals surface area contributed by atoms with Gasteiger partial charge in [-0.05, 0) is 66.9 Å². The summed E-state index contributed by atoms with van der Waals surface area (Å²) in [5.41, 5.74) is 2.65. The number of sulfonamides is 1. The number of benzene rings is 4. The lowest BCUT2D eigenvalue weighted by molar-refractivity contribution is -0.140. The van der Waals surface area contributed by atoms with Crippen molar-refractivity contribution >= 4 is 50.7 Å². The first-order chi connectivity index (χ1) is 21.9. The fourth-order valence-electron chi connectivity index (χ4n) is 4.83. The van der Waals surface area contributed by atoms with Crippen LogP contribution in [-0.2, 0) is 39.2 Å². The Hall–Kier alpha value is -4.05. The molecule has 0 radical (unpaired) electrons. The van der Waals surface area contributed by atoms with Gasteiger partial charge in [-0.2, -0.15) is 0 Å². The number of amides is 2. The molecule has 0 saturated heterocycles. The molecule has 0 spiro atoms. The van der Waals surface area contributed by atoms with Gasteiger partial charge in [0.1, 0.15) is 24.9 Å². The molecule has 4 aromatic rings. The molecule has 1 atom stereocenters. The molecule has 4 rings (SSSR count). The van der Waals surface area contributed by atoms with Crippen molar-refractivity contribution in [1.29, 1.82) is 0 Å². The van der Waals surface area contributed by atoms with Crippen LogP contribution >= 0.6 is 23.2 Å². The summed E-state index contributed by atoms with van der Waals surface area (Å²) in [5, 5.41) is 3.66. The predicted molar refractivity (Wildman–Crippen MR) is 184 cm³/mol. The molecule has 0 aliphatic carbocycles. The molecule has 8 nitrogen and oxygen atoms in total. The number of halogens is 2. The van der Waals surface area contributed by atoms with Crippen LogP contribution in [0, 0.1) is 0 Å². The van der Waals surface area contributed by atoms with E-state index in [0.717, 1.165) is 21.7 Å². The van der Waals surface area contributed by atoms with Crippen molar-refractivity contribution in [2.75, 3.05) is 17.1 Å². The van der Waals surface area contributed by atoms with Gasteiger partial charge in [0.2, 0.25) is 21.8 Å². The molecule has 0 bridgehead atoms. The highest BCUT2D eigenvalue weighted by atomic mass is 35.5. The maximum Gasteiger partial charge on any atom is 0.244 e. The van der Waals surface area contributed by atoms with Crippen molar-refractivity contribution in [1.82, 2.24) is 10.2 Å². The number of nitrogens with one attached hydrogen (secondary N) is 1. The van der Waals surface area contributed by atoms with Crippen LogP contribution in [0.1, 0.15) is 30.5 Å². The van der Waals surface area contributed by atoms with Crippen LogP contribution in [-0.4, -0.2) is 50.0 Å². The maximum atomic E-state index is 14.3. The fourth-order valence-corrected chi connectivity index (χ4v) is 6.15. The van der Waals surface area contributed by atoms with E-state index >= 15 is 0 Å². The van der Waals surface area contributed by atoms with Gasteiger partial charge in [0.05, 0.1) is 11.9 Å². The number of hydrogen-bond donors (Lipinski definition) is 1. The Morgan fingerprint density at radius 3 is 2.02 bits per heavy atom. The fraction of sp³-hybridized carbons (Fsp3) is 0.257. The Balaban J connectivity index is 1.66. The van der Waals surface area contributed by atoms with Gasteiger partial charge in [0, 0.05) is 29.1 Å². The van der Waals surface area contributed by atoms with Crippen molar-refractivity contribution in [3.05, 3.63) is 130 Å². The average molecular weight is 683 g/mol. The Morgan fingerprint density at radius 2 is 1.46 bits per heavy atom. The molecule has 0 aliphatic rings. The molecule has 0 aliphatic heterocycles. The van der Waals surface area contributed by atoms with E-state index in [4.69, 9.17) is 27.9 Å². The number of nitrogens with zero attached hydrogens (tertiary/aromatic N) is 2. The number of rotatable bonds is 14. The van der Waals surface area contributed by atoms with Crippen LogP contribution in [0.5, 0.6) is 5.75 Å². The first kappa shape index (κ1) is 34.8. The molecule has 11 heteroatoms. The molecule has 46 heavy (non-hydrogen) atoms. The Labute approximate surface area is 280 Å². The average Bonchev–Trinajstić information content (AvgIpc) is 3.02. The molecule has 4 aromatic carbocycles. The van der Waals surface area contributed by atoms with E-state index in [1.165, 1.54) is 4.90 Å². The van der Waals surface area contributed by atoms with Crippen molar-refractivity contribution in [2.45, 2.75) is 45.5 Å². The van der Waals surface area contributed by atoms with E-state index in [0.29, 0.717) is 28.0 Å². The molecule has 0 fully saturated rings. The van der Waals surface area contributed by atoms with Crippen LogP contribution in [0.4, 0.5) is 5.69 Å². The summed E-state index contributed by atoms with van der Waals surface area (Å²) in [6.45, 7) is 3.41. The van der Waals surface area contributed by atoms with Crippen LogP contribution < -0.4 is 14.4 Å². The second-order valence-electron chi connectivity index (χ2n) is 11.2. The molecule has 0 aromatic heterocycles. The number of carbonyl (C=O) groups excluding carboxylic acids is 2. The lowest BCUT2D eigenvalue weighted by atomic mass is 10.0. The minimum Gasteiger partial charge on any atom is -0.489 e. The van der Waals surface area contributed by atoms with E-state index in [2.05, 4.69) is 5.32 Å². The van der Waals surface area contributed by atoms with E-state index in [-0.39, 0.29) is 30.6 Å². The van der Waals surface area contributed by atoms with Crippen molar-refractivity contribution in [2.24, 2.45) is 0 Å². The largest absolute Gasteiger partial charge is 0.489 e. The molecule has 0 unspecified atom stereocenters. The first-order valence-electron chi connectivity index (χ1n) is 14.7. The minimum atomic E-state index is -3.92. The summed E-state index contributed by atoms with van der Waals surface area (Å²) in [7, 11) is -3.92. The molecule has 0 heterocycles. The topological polar surface area (TPSA) is 96.0 Å². The van der Waals surface area contributed by atoms with Gasteiger partial charge < -0.3 is 15.0 Å². The number of anilines is 1. The summed E-state index contributed by atoms with van der Waals surface area (Å²) < 4.78 is 33.0. The Morgan fingerprint density at radius 1 is 0.848 bits per heavy atom. The van der Waals surface area contributed by atoms with E-state index in [9.17, 15) is 18.0 Å². The zero-order chi connectivity index (χ0) is 33.3. The Bertz CT molecular complexity index is 1720. The van der Waals surface area contributed by atoms with Gasteiger partial charge >= 0.3 is 0 Å². The van der Waals surface area contributed by atoms with Crippen molar-refractivity contribution < 1.29 is 22.7 Å². The molecular weight excluding hydrogens is 645 g/mol. The second-order valence-corrected chi connectivity index (χ2v) is 13.9. The van der Waals surface area contributed by atoms with Crippen LogP contribution in [0.15, 0.2) is 103 Å². The van der Waals surface area contributed by atoms with Gasteiger partial charge in [-0.25, -0.2) is 8.42 Å². The standard InChI is InChI=1S/C35H37Cl2N3O5S/c1-25(2)38-35(42)33(20-26-10-6-4-7-11-26)39(22-28-14-15-29(36)21-32(28)37)34(41)23-40(46(3,43)44)30-16-18-31(19-17-30)45-24-27-12-8-5-9-13-27/h4-19,21,25,33H,20,22-24H2,1-3H3,(H,38,42)/t33-/m0/s1. The second kappa shape index (κ2) is 16.0. The molecule has 0 saturated carbocycles. The zero-order valence-corrected chi connectivity index (χ0v) is 28.2. The third-order valence-electron chi connectivity index (χ3n) is 7.11. The number of hydrogen-bond acceptors (Lipinski definition) is 5. The lowest BCUT2D eigenvalue weighted by Gasteiger charge is -2.34. The zero-order valence-electron chi connectivity index (χ0n) is 25.9. The number of carbonyl (C=O) groups is 2. The molecule has 1 N–H and O–H groups in total. The van der Waals surface area contributed by atoms with Crippen molar-refractivity contribution in [3.8, 4) is 5.75 Å². The van der Waals surface area contributed by atoms with E-state index in [1.807, 2.05) is 74.5 Å². The molecule has 242 valence electrons. The monoisotopic (exact) mass is 681 g/mol. The highest BCUT2D eigenvalue weighted by molar-refractivity contribution is 7.92. The van der Waals surface area contributed by atoms with E-state index < -0.39 is 28.5 Å². The summed E-state index contributed by atoms with van der Waals surface area (Å²) in [5.74, 6) is -0.413. The quantitative estimate of drug-likeness (QED) is 0.164. The molecule has 2 amide bonds. The lowest BCUT2D eigenvalue weighted by Crippen LogP contribution is -2.54. The van der Waals surface area contributed by atoms with Gasteiger partial charge in [0.25, 0.3) is 0 Å². The smallest absolute Gasteiger partial charge is 0.244 e. The van der Waals surface area contributed by atoms with Crippen LogP contribution in [0.25, 0.3) is 0 Å². The normalized spacial score (nSPS) is 12.0. The summed E-state index contributed by atoms with van der Waals surface area (Å²) in [4.78, 5) is 29.3. The number of ether oxygens (including phenoxy) is 1. The van der Waals surface area contributed by atoms with Gasteiger partial charge in [-0.15, -0.1) is 0 Å². The summed E-state index contributed by atoms with van der Waals surface area (Å²) in [6, 6.07) is 29.2. The SMILES string of the molecule is CC(C)NC(=O)[C@H](Cc1ccccc1)N(Cc1ccc(Cl)cc1Cl)C(=O)CN(c1ccc(OCc2ccccc2)cc1)S(C)(=O)=O. The summed E-state index contributed by atoms with van der Waals surface area (Å²) >= 11 is 12.7. The van der Waals surface area contributed by atoms with Crippen LogP contribution in [0.2, 0.25) is 10.0 Å². The maximum absolute atomic E-state index is 14.3. The third-order valence-corrected chi connectivity index (χ3v) is 8.84. The van der Waals surface area contributed by atoms with Crippen LogP contribution in [0.3, 0.4) is 0 Å². The third kappa shape index (κ3) is 9.97. The van der Waals surface area contributed by atoms with Gasteiger partial charge in [-0.1, -0.05) is 89.9 Å². The predicted octanol–water partition coefficient (Wildman–Crippen LogP) is 6.50. The van der Waals surface area contributed by atoms with Gasteiger partial charge in [-0.3, -0.25) is 13.9 Å². The van der Waals surface area contributed by atoms with Gasteiger partial charge in [0.15, 0.2) is 0 Å². The first-order valence-corrected chi connectivity index (χ1v) is 17.3. The minimum absolute atomic E-state index is 0.0539. The highest BCUT2D eigenvalue weighted by Crippen LogP contribution is 2.26. The highest BCUT2D eigenvalue weighted by Gasteiger charge is 2.33. The Kier molecular flexibility index (Phi) is 12.1. The molecular formula is C35H37Cl2N3O5S. The van der Waals surface area contributed by atoms with E-state index in [1.54, 1.807) is 42.5 Å².